The molecule has 0 aliphatic carbocycles. The summed E-state index contributed by atoms with van der Waals surface area (Å²) >= 11 is 0. The van der Waals surface area contributed by atoms with Crippen LogP contribution in [0.15, 0.2) is 33.7 Å². The van der Waals surface area contributed by atoms with Crippen molar-refractivity contribution in [3.8, 4) is 0 Å². The first-order valence-electron chi connectivity index (χ1n) is 7.95. The van der Waals surface area contributed by atoms with Crippen molar-refractivity contribution in [1.29, 1.82) is 0 Å². The number of hydrogen-bond donors (Lipinski definition) is 3. The Morgan fingerprint density at radius 2 is 2.12 bits per heavy atom. The van der Waals surface area contributed by atoms with Crippen molar-refractivity contribution in [3.05, 3.63) is 45.0 Å². The Morgan fingerprint density at radius 3 is 2.65 bits per heavy atom. The van der Waals surface area contributed by atoms with Crippen molar-refractivity contribution >= 4 is 7.37 Å². The van der Waals surface area contributed by atoms with Crippen LogP contribution in [-0.2, 0) is 18.8 Å². The van der Waals surface area contributed by atoms with Crippen LogP contribution in [0, 0.1) is 0 Å². The highest BCUT2D eigenvalue weighted by molar-refractivity contribution is 7.61. The second-order valence-corrected chi connectivity index (χ2v) is 8.19. The van der Waals surface area contributed by atoms with E-state index in [4.69, 9.17) is 19.3 Å². The molecule has 0 spiro atoms. The summed E-state index contributed by atoms with van der Waals surface area (Å²) in [7, 11) is -2.42. The SMILES string of the molecule is CO[C@@H]1[C@H](OC(C)C)[C@@H](/C=C/P(=O)(O)CO)O[C@H]1n1ccc(=O)[nH]c1=O. The van der Waals surface area contributed by atoms with Crippen LogP contribution in [0.3, 0.4) is 0 Å². The zero-order valence-electron chi connectivity index (χ0n) is 14.6. The number of methoxy groups -OCH3 is 1. The summed E-state index contributed by atoms with van der Waals surface area (Å²) in [6.07, 6.45) is -1.65. The molecule has 0 amide bonds. The van der Waals surface area contributed by atoms with E-state index in [0.717, 1.165) is 10.4 Å². The van der Waals surface area contributed by atoms with Crippen molar-refractivity contribution < 1.29 is 28.8 Å². The molecule has 1 fully saturated rings. The van der Waals surface area contributed by atoms with Gasteiger partial charge in [-0.2, -0.15) is 0 Å². The number of aromatic nitrogens is 2. The van der Waals surface area contributed by atoms with Crippen LogP contribution in [0.4, 0.5) is 0 Å². The van der Waals surface area contributed by atoms with Gasteiger partial charge in [0.15, 0.2) is 6.23 Å². The van der Waals surface area contributed by atoms with Crippen molar-refractivity contribution in [2.45, 2.75) is 44.5 Å². The lowest BCUT2D eigenvalue weighted by atomic mass is 10.1. The van der Waals surface area contributed by atoms with E-state index < -0.39 is 49.5 Å². The molecule has 0 bridgehead atoms. The fourth-order valence-electron chi connectivity index (χ4n) is 2.66. The molecule has 0 radical (unpaired) electrons. The Morgan fingerprint density at radius 1 is 1.42 bits per heavy atom. The number of aliphatic hydroxyl groups excluding tert-OH is 1. The molecule has 146 valence electrons. The minimum atomic E-state index is -3.84. The Hall–Kier alpha value is -1.55. The zero-order chi connectivity index (χ0) is 19.5. The third-order valence-electron chi connectivity index (χ3n) is 3.76. The second-order valence-electron chi connectivity index (χ2n) is 6.10. The fraction of sp³-hybridized carbons (Fsp3) is 0.600. The standard InChI is InChI=1S/C15H23N2O8P/c1-9(2)24-12-10(5-7-26(21,22)8-18)25-14(13(12)23-3)17-6-4-11(19)16-15(17)20/h4-7,9-10,12-14,18H,8H2,1-3H3,(H,21,22)(H,16,19,20)/b7-5+/t10-,12-,13-,14-/m1/s1. The average Bonchev–Trinajstić information content (AvgIpc) is 2.89. The van der Waals surface area contributed by atoms with E-state index in [0.29, 0.717) is 0 Å². The van der Waals surface area contributed by atoms with Crippen LogP contribution in [0.2, 0.25) is 0 Å². The number of ether oxygens (including phenoxy) is 3. The van der Waals surface area contributed by atoms with Gasteiger partial charge in [-0.25, -0.2) is 4.79 Å². The Balaban J connectivity index is 2.40. The van der Waals surface area contributed by atoms with Gasteiger partial charge in [0.05, 0.1) is 6.10 Å². The Kier molecular flexibility index (Phi) is 6.73. The van der Waals surface area contributed by atoms with E-state index in [1.165, 1.54) is 25.4 Å². The maximum atomic E-state index is 12.1. The van der Waals surface area contributed by atoms with Gasteiger partial charge in [-0.1, -0.05) is 0 Å². The molecule has 1 aromatic heterocycles. The highest BCUT2D eigenvalue weighted by Gasteiger charge is 2.46. The van der Waals surface area contributed by atoms with Gasteiger partial charge < -0.3 is 24.2 Å². The normalized spacial score (nSPS) is 28.7. The monoisotopic (exact) mass is 390 g/mol. The molecular formula is C15H23N2O8P. The lowest BCUT2D eigenvalue weighted by Gasteiger charge is -2.24. The van der Waals surface area contributed by atoms with Crippen molar-refractivity contribution in [2.24, 2.45) is 0 Å². The summed E-state index contributed by atoms with van der Waals surface area (Å²) < 4.78 is 29.9. The molecule has 1 unspecified atom stereocenters. The minimum absolute atomic E-state index is 0.207. The fourth-order valence-corrected chi connectivity index (χ4v) is 3.19. The van der Waals surface area contributed by atoms with Gasteiger partial charge in [-0.05, 0) is 19.9 Å². The summed E-state index contributed by atoms with van der Waals surface area (Å²) in [5.41, 5.74) is -1.23. The van der Waals surface area contributed by atoms with E-state index >= 15 is 0 Å². The number of aliphatic hydroxyl groups is 1. The molecule has 5 atom stereocenters. The van der Waals surface area contributed by atoms with Crippen molar-refractivity contribution in [2.75, 3.05) is 13.5 Å². The van der Waals surface area contributed by atoms with Crippen LogP contribution >= 0.6 is 7.37 Å². The molecule has 1 aliphatic rings. The van der Waals surface area contributed by atoms with Crippen LogP contribution in [0.5, 0.6) is 0 Å². The van der Waals surface area contributed by atoms with Gasteiger partial charge in [-0.15, -0.1) is 0 Å². The smallest absolute Gasteiger partial charge is 0.330 e. The highest BCUT2D eigenvalue weighted by Crippen LogP contribution is 2.42. The lowest BCUT2D eigenvalue weighted by molar-refractivity contribution is -0.0768. The number of hydrogen-bond acceptors (Lipinski definition) is 7. The molecular weight excluding hydrogens is 367 g/mol. The van der Waals surface area contributed by atoms with Crippen molar-refractivity contribution in [3.63, 3.8) is 0 Å². The zero-order valence-corrected chi connectivity index (χ0v) is 15.5. The molecule has 0 aromatic carbocycles. The maximum Gasteiger partial charge on any atom is 0.330 e. The van der Waals surface area contributed by atoms with Gasteiger partial charge in [0.25, 0.3) is 5.56 Å². The summed E-state index contributed by atoms with van der Waals surface area (Å²) in [4.78, 5) is 35.0. The molecule has 3 N–H and O–H groups in total. The predicted molar refractivity (Wildman–Crippen MR) is 92.1 cm³/mol. The summed E-state index contributed by atoms with van der Waals surface area (Å²) in [6.45, 7) is 3.61. The van der Waals surface area contributed by atoms with E-state index in [2.05, 4.69) is 4.98 Å². The van der Waals surface area contributed by atoms with Gasteiger partial charge in [0.1, 0.15) is 24.7 Å². The first kappa shape index (κ1) is 20.8. The predicted octanol–water partition coefficient (Wildman–Crippen LogP) is -0.0235. The summed E-state index contributed by atoms with van der Waals surface area (Å²) in [6, 6.07) is 1.17. The summed E-state index contributed by atoms with van der Waals surface area (Å²) in [5.74, 6) is 0.971. The van der Waals surface area contributed by atoms with Gasteiger partial charge in [0.2, 0.25) is 7.37 Å². The van der Waals surface area contributed by atoms with Crippen molar-refractivity contribution in [1.82, 2.24) is 9.55 Å². The van der Waals surface area contributed by atoms with Crippen LogP contribution < -0.4 is 11.2 Å². The Bertz CT molecular complexity index is 801. The molecule has 1 aromatic rings. The number of nitrogens with zero attached hydrogens (tertiary/aromatic N) is 1. The highest BCUT2D eigenvalue weighted by atomic mass is 31.2. The first-order chi connectivity index (χ1) is 12.2. The number of H-pyrrole nitrogens is 1. The Labute approximate surface area is 149 Å². The third-order valence-corrected chi connectivity index (χ3v) is 4.81. The van der Waals surface area contributed by atoms with Gasteiger partial charge in [0, 0.05) is 25.2 Å². The van der Waals surface area contributed by atoms with E-state index in [9.17, 15) is 19.0 Å². The first-order valence-corrected chi connectivity index (χ1v) is 9.87. The average molecular weight is 390 g/mol. The number of nitrogens with one attached hydrogen (secondary N) is 1. The molecule has 2 rings (SSSR count). The van der Waals surface area contributed by atoms with Gasteiger partial charge >= 0.3 is 5.69 Å². The lowest BCUT2D eigenvalue weighted by Crippen LogP contribution is -2.40. The number of rotatable bonds is 7. The molecule has 11 heteroatoms. The molecule has 1 aliphatic heterocycles. The van der Waals surface area contributed by atoms with Crippen LogP contribution in [0.1, 0.15) is 20.1 Å². The topological polar surface area (TPSA) is 140 Å². The van der Waals surface area contributed by atoms with Gasteiger partial charge in [-0.3, -0.25) is 18.9 Å². The maximum absolute atomic E-state index is 12.1. The van der Waals surface area contributed by atoms with E-state index in [1.807, 2.05) is 0 Å². The second kappa shape index (κ2) is 8.43. The largest absolute Gasteiger partial charge is 0.386 e. The molecule has 2 heterocycles. The molecule has 26 heavy (non-hydrogen) atoms. The quantitative estimate of drug-likeness (QED) is 0.552. The third kappa shape index (κ3) is 4.79. The van der Waals surface area contributed by atoms with E-state index in [1.54, 1.807) is 13.8 Å². The van der Waals surface area contributed by atoms with Crippen LogP contribution in [0.25, 0.3) is 0 Å². The van der Waals surface area contributed by atoms with Crippen LogP contribution in [-0.4, -0.2) is 57.4 Å². The number of aromatic amines is 1. The molecule has 1 saturated heterocycles. The summed E-state index contributed by atoms with van der Waals surface area (Å²) in [5, 5.41) is 8.93. The molecule has 0 saturated carbocycles. The minimum Gasteiger partial charge on any atom is -0.386 e. The van der Waals surface area contributed by atoms with E-state index in [-0.39, 0.29) is 6.10 Å². The molecule has 10 nitrogen and oxygen atoms in total.